The number of ether oxygens (including phenoxy) is 1. The summed E-state index contributed by atoms with van der Waals surface area (Å²) in [6, 6.07) is 6.41. The Morgan fingerprint density at radius 3 is 2.45 bits per heavy atom. The first-order valence-corrected chi connectivity index (χ1v) is 10.2. The first-order valence-electron chi connectivity index (χ1n) is 10.2. The minimum Gasteiger partial charge on any atom is -0.379 e. The van der Waals surface area contributed by atoms with Gasteiger partial charge in [0.05, 0.1) is 13.2 Å². The molecule has 3 fully saturated rings. The van der Waals surface area contributed by atoms with Gasteiger partial charge in [-0.3, -0.25) is 9.69 Å². The second kappa shape index (κ2) is 10.9. The maximum Gasteiger partial charge on any atom is 0.242 e. The Hall–Kier alpha value is -0.920. The molecule has 5 nitrogen and oxygen atoms in total. The van der Waals surface area contributed by atoms with Crippen molar-refractivity contribution in [1.29, 1.82) is 0 Å². The fourth-order valence-electron chi connectivity index (χ4n) is 5.31. The van der Waals surface area contributed by atoms with Crippen LogP contribution in [0.3, 0.4) is 0 Å². The number of rotatable bonds is 4. The van der Waals surface area contributed by atoms with E-state index in [9.17, 15) is 9.18 Å². The fourth-order valence-corrected chi connectivity index (χ4v) is 5.31. The van der Waals surface area contributed by atoms with E-state index in [0.717, 1.165) is 25.7 Å². The van der Waals surface area contributed by atoms with Gasteiger partial charge in [-0.15, -0.1) is 24.8 Å². The van der Waals surface area contributed by atoms with Crippen molar-refractivity contribution in [2.45, 2.75) is 50.2 Å². The maximum absolute atomic E-state index is 13.9. The molecule has 3 aliphatic rings. The highest BCUT2D eigenvalue weighted by Crippen LogP contribution is 2.40. The molecule has 1 saturated heterocycles. The van der Waals surface area contributed by atoms with Gasteiger partial charge in [0.25, 0.3) is 0 Å². The molecule has 4 rings (SSSR count). The summed E-state index contributed by atoms with van der Waals surface area (Å²) < 4.78 is 19.3. The number of benzene rings is 1. The second-order valence-corrected chi connectivity index (χ2v) is 8.32. The SMILES string of the molecule is Cl.Cl.NC1CC2CCCC(C1)C2NC(=O)C(c1cccc(F)c1)N1CCOCC1. The minimum atomic E-state index is -0.471. The highest BCUT2D eigenvalue weighted by Gasteiger charge is 2.41. The van der Waals surface area contributed by atoms with Crippen LogP contribution in [0.5, 0.6) is 0 Å². The Morgan fingerprint density at radius 1 is 1.17 bits per heavy atom. The van der Waals surface area contributed by atoms with Crippen molar-refractivity contribution in [2.24, 2.45) is 17.6 Å². The Balaban J connectivity index is 0.00000150. The number of hydrogen-bond acceptors (Lipinski definition) is 4. The molecule has 0 spiro atoms. The van der Waals surface area contributed by atoms with Crippen LogP contribution in [0.25, 0.3) is 0 Å². The predicted octanol–water partition coefficient (Wildman–Crippen LogP) is 3.06. The standard InChI is InChI=1S/C21H30FN3O2.2ClH/c22-17-6-2-5-16(11-17)20(25-7-9-27-10-8-25)21(26)24-19-14-3-1-4-15(19)13-18(23)12-14;;/h2,5-6,11,14-15,18-20H,1,3-4,7-10,12-13,23H2,(H,24,26);2*1H. The molecule has 164 valence electrons. The number of morpholine rings is 1. The van der Waals surface area contributed by atoms with Gasteiger partial charge in [-0.2, -0.15) is 0 Å². The molecule has 3 unspecified atom stereocenters. The summed E-state index contributed by atoms with van der Waals surface area (Å²) >= 11 is 0. The highest BCUT2D eigenvalue weighted by atomic mass is 35.5. The van der Waals surface area contributed by atoms with Gasteiger partial charge in [0.2, 0.25) is 5.91 Å². The molecule has 3 N–H and O–H groups in total. The van der Waals surface area contributed by atoms with Crippen molar-refractivity contribution in [3.8, 4) is 0 Å². The molecule has 1 heterocycles. The molecule has 29 heavy (non-hydrogen) atoms. The second-order valence-electron chi connectivity index (χ2n) is 8.32. The van der Waals surface area contributed by atoms with E-state index >= 15 is 0 Å². The Labute approximate surface area is 184 Å². The van der Waals surface area contributed by atoms with Crippen molar-refractivity contribution in [1.82, 2.24) is 10.2 Å². The van der Waals surface area contributed by atoms with E-state index in [1.165, 1.54) is 18.6 Å². The van der Waals surface area contributed by atoms with Crippen molar-refractivity contribution in [3.63, 3.8) is 0 Å². The zero-order valence-corrected chi connectivity index (χ0v) is 18.2. The molecule has 8 heteroatoms. The average Bonchev–Trinajstić information content (AvgIpc) is 2.64. The number of hydrogen-bond donors (Lipinski definition) is 2. The van der Waals surface area contributed by atoms with Gasteiger partial charge >= 0.3 is 0 Å². The number of halogens is 3. The molecule has 2 bridgehead atoms. The lowest BCUT2D eigenvalue weighted by Gasteiger charge is -2.46. The lowest BCUT2D eigenvalue weighted by molar-refractivity contribution is -0.131. The third-order valence-electron chi connectivity index (χ3n) is 6.51. The summed E-state index contributed by atoms with van der Waals surface area (Å²) in [6.07, 6.45) is 5.48. The predicted molar refractivity (Wildman–Crippen MR) is 116 cm³/mol. The van der Waals surface area contributed by atoms with Gasteiger partial charge in [-0.25, -0.2) is 4.39 Å². The lowest BCUT2D eigenvalue weighted by atomic mass is 9.67. The third-order valence-corrected chi connectivity index (χ3v) is 6.51. The lowest BCUT2D eigenvalue weighted by Crippen LogP contribution is -2.56. The topological polar surface area (TPSA) is 67.6 Å². The van der Waals surface area contributed by atoms with Crippen LogP contribution in [0.4, 0.5) is 4.39 Å². The van der Waals surface area contributed by atoms with Gasteiger partial charge < -0.3 is 15.8 Å². The van der Waals surface area contributed by atoms with Crippen LogP contribution in [-0.4, -0.2) is 49.2 Å². The van der Waals surface area contributed by atoms with Crippen molar-refractivity contribution in [2.75, 3.05) is 26.3 Å². The van der Waals surface area contributed by atoms with Gasteiger partial charge in [-0.1, -0.05) is 18.6 Å². The molecule has 1 aromatic rings. The molecule has 2 saturated carbocycles. The summed E-state index contributed by atoms with van der Waals surface area (Å²) in [6.45, 7) is 2.55. The quantitative estimate of drug-likeness (QED) is 0.743. The van der Waals surface area contributed by atoms with Crippen LogP contribution >= 0.6 is 24.8 Å². The van der Waals surface area contributed by atoms with Crippen LogP contribution in [0.2, 0.25) is 0 Å². The summed E-state index contributed by atoms with van der Waals surface area (Å²) in [5, 5.41) is 3.36. The van der Waals surface area contributed by atoms with E-state index in [-0.39, 0.29) is 48.6 Å². The summed E-state index contributed by atoms with van der Waals surface area (Å²) in [7, 11) is 0. The van der Waals surface area contributed by atoms with Gasteiger partial charge in [-0.05, 0) is 55.2 Å². The van der Waals surface area contributed by atoms with Gasteiger partial charge in [0.15, 0.2) is 0 Å². The van der Waals surface area contributed by atoms with E-state index in [2.05, 4.69) is 10.2 Å². The Morgan fingerprint density at radius 2 is 1.83 bits per heavy atom. The van der Waals surface area contributed by atoms with Crippen molar-refractivity contribution in [3.05, 3.63) is 35.6 Å². The van der Waals surface area contributed by atoms with Crippen molar-refractivity contribution >= 4 is 30.7 Å². The number of carbonyl (C=O) groups excluding carboxylic acids is 1. The van der Waals surface area contributed by atoms with E-state index < -0.39 is 6.04 Å². The molecular weight excluding hydrogens is 416 g/mol. The molecule has 2 aliphatic carbocycles. The normalized spacial score (nSPS) is 30.4. The summed E-state index contributed by atoms with van der Waals surface area (Å²) in [4.78, 5) is 15.5. The first-order chi connectivity index (χ1) is 13.1. The third kappa shape index (κ3) is 5.61. The summed E-state index contributed by atoms with van der Waals surface area (Å²) in [5.74, 6) is 0.613. The van der Waals surface area contributed by atoms with Crippen LogP contribution in [-0.2, 0) is 9.53 Å². The largest absolute Gasteiger partial charge is 0.379 e. The smallest absolute Gasteiger partial charge is 0.242 e. The molecule has 0 aromatic heterocycles. The molecular formula is C21H32Cl2FN3O2. The molecule has 1 amide bonds. The minimum absolute atomic E-state index is 0. The maximum atomic E-state index is 13.9. The zero-order valence-electron chi connectivity index (χ0n) is 16.6. The molecule has 0 radical (unpaired) electrons. The molecule has 3 atom stereocenters. The average molecular weight is 448 g/mol. The van der Waals surface area contributed by atoms with E-state index in [4.69, 9.17) is 10.5 Å². The van der Waals surface area contributed by atoms with Gasteiger partial charge in [0.1, 0.15) is 11.9 Å². The number of nitrogens with two attached hydrogens (primary N) is 1. The van der Waals surface area contributed by atoms with E-state index in [0.29, 0.717) is 43.7 Å². The number of carbonyl (C=O) groups is 1. The van der Waals surface area contributed by atoms with Crippen LogP contribution in [0.1, 0.15) is 43.7 Å². The monoisotopic (exact) mass is 447 g/mol. The fraction of sp³-hybridized carbons (Fsp3) is 0.667. The molecule has 1 aromatic carbocycles. The Bertz CT molecular complexity index is 661. The number of fused-ring (bicyclic) bond motifs is 2. The van der Waals surface area contributed by atoms with Crippen LogP contribution in [0.15, 0.2) is 24.3 Å². The Kier molecular flexibility index (Phi) is 9.16. The number of nitrogens with one attached hydrogen (secondary N) is 1. The van der Waals surface area contributed by atoms with E-state index in [1.54, 1.807) is 6.07 Å². The van der Waals surface area contributed by atoms with Gasteiger partial charge in [0, 0.05) is 25.2 Å². The molecule has 1 aliphatic heterocycles. The van der Waals surface area contributed by atoms with Crippen LogP contribution in [0, 0.1) is 17.7 Å². The number of nitrogens with zero attached hydrogens (tertiary/aromatic N) is 1. The number of amides is 1. The summed E-state index contributed by atoms with van der Waals surface area (Å²) in [5.41, 5.74) is 6.94. The van der Waals surface area contributed by atoms with Crippen LogP contribution < -0.4 is 11.1 Å². The van der Waals surface area contributed by atoms with E-state index in [1.807, 2.05) is 6.07 Å². The van der Waals surface area contributed by atoms with Crippen molar-refractivity contribution < 1.29 is 13.9 Å². The zero-order chi connectivity index (χ0) is 18.8. The first kappa shape index (κ1) is 24.4. The highest BCUT2D eigenvalue weighted by molar-refractivity contribution is 5.85.